The van der Waals surface area contributed by atoms with Crippen molar-refractivity contribution in [3.05, 3.63) is 34.2 Å². The molecule has 1 N–H and O–H groups in total. The van der Waals surface area contributed by atoms with Crippen LogP contribution in [0.4, 0.5) is 4.79 Å². The van der Waals surface area contributed by atoms with E-state index in [0.29, 0.717) is 26.1 Å². The third-order valence-electron chi connectivity index (χ3n) is 5.51. The maximum Gasteiger partial charge on any atom is 0.317 e. The van der Waals surface area contributed by atoms with Crippen molar-refractivity contribution >= 4 is 12.0 Å². The molecule has 7 nitrogen and oxygen atoms in total. The van der Waals surface area contributed by atoms with E-state index in [4.69, 9.17) is 0 Å². The van der Waals surface area contributed by atoms with Gasteiger partial charge in [-0.15, -0.1) is 0 Å². The zero-order chi connectivity index (χ0) is 18.1. The van der Waals surface area contributed by atoms with Gasteiger partial charge in [-0.1, -0.05) is 26.3 Å². The van der Waals surface area contributed by atoms with Crippen LogP contribution in [0.2, 0.25) is 0 Å². The first-order valence-corrected chi connectivity index (χ1v) is 8.86. The number of carboxylic acid groups (broad SMARTS) is 1. The molecule has 0 spiro atoms. The fourth-order valence-corrected chi connectivity index (χ4v) is 3.96. The van der Waals surface area contributed by atoms with Gasteiger partial charge in [0.25, 0.3) is 5.56 Å². The number of nitrogens with zero attached hydrogens (tertiary/aromatic N) is 2. The van der Waals surface area contributed by atoms with Crippen LogP contribution in [-0.2, 0) is 11.3 Å². The molecule has 0 aromatic carbocycles. The summed E-state index contributed by atoms with van der Waals surface area (Å²) in [6, 6.07) is 3.89. The quantitative estimate of drug-likeness (QED) is 0.839. The number of aromatic nitrogens is 1. The predicted molar refractivity (Wildman–Crippen MR) is 89.9 cm³/mol. The summed E-state index contributed by atoms with van der Waals surface area (Å²) < 4.78 is 1.80. The number of hydrogen-bond donors (Lipinski definition) is 1. The average Bonchev–Trinajstić information content (AvgIpc) is 2.59. The average molecular weight is 346 g/mol. The Labute approximate surface area is 146 Å². The maximum absolute atomic E-state index is 12.6. The minimum Gasteiger partial charge on any atom is -0.548 e. The van der Waals surface area contributed by atoms with E-state index in [9.17, 15) is 19.5 Å². The molecule has 3 heterocycles. The standard InChI is InChI=1S/C18H25N3O4/c1-3-11(2)16(17(23)24)19-18(25)20-8-12-7-13(10-20)14-5-4-6-15(22)21(14)9-12/h4-6,11-13,16H,3,7-10H2,1-2H3,(H,19,25)(H,23,24)/p-1/t11-,12-,13+,16+/m1/s1. The molecule has 2 bridgehead atoms. The summed E-state index contributed by atoms with van der Waals surface area (Å²) in [5.41, 5.74) is 0.957. The zero-order valence-corrected chi connectivity index (χ0v) is 14.6. The van der Waals surface area contributed by atoms with Gasteiger partial charge in [-0.2, -0.15) is 0 Å². The third kappa shape index (κ3) is 3.41. The molecule has 4 atom stereocenters. The van der Waals surface area contributed by atoms with Crippen molar-refractivity contribution in [1.29, 1.82) is 0 Å². The van der Waals surface area contributed by atoms with Crippen molar-refractivity contribution in [2.45, 2.75) is 45.2 Å². The van der Waals surface area contributed by atoms with Gasteiger partial charge in [0.1, 0.15) is 0 Å². The summed E-state index contributed by atoms with van der Waals surface area (Å²) in [6.45, 7) is 5.29. The van der Waals surface area contributed by atoms with Crippen LogP contribution in [0.1, 0.15) is 38.3 Å². The summed E-state index contributed by atoms with van der Waals surface area (Å²) >= 11 is 0. The number of carbonyl (C=O) groups is 2. The molecule has 2 amide bonds. The molecule has 2 aliphatic rings. The Balaban J connectivity index is 1.75. The van der Waals surface area contributed by atoms with Gasteiger partial charge < -0.3 is 24.7 Å². The molecule has 1 fully saturated rings. The Morgan fingerprint density at radius 2 is 2.08 bits per heavy atom. The number of pyridine rings is 1. The Morgan fingerprint density at radius 1 is 1.32 bits per heavy atom. The lowest BCUT2D eigenvalue weighted by Gasteiger charge is -2.43. The number of aliphatic carboxylic acids is 1. The Morgan fingerprint density at radius 3 is 2.76 bits per heavy atom. The van der Waals surface area contributed by atoms with Gasteiger partial charge in [0.2, 0.25) is 0 Å². The zero-order valence-electron chi connectivity index (χ0n) is 14.6. The topological polar surface area (TPSA) is 94.5 Å². The second-order valence-electron chi connectivity index (χ2n) is 7.23. The second kappa shape index (κ2) is 6.90. The summed E-state index contributed by atoms with van der Waals surface area (Å²) in [7, 11) is 0. The van der Waals surface area contributed by atoms with E-state index in [0.717, 1.165) is 12.1 Å². The summed E-state index contributed by atoms with van der Waals surface area (Å²) in [4.78, 5) is 37.6. The van der Waals surface area contributed by atoms with E-state index in [1.807, 2.05) is 13.0 Å². The SMILES string of the molecule is CC[C@@H](C)[C@H](NC(=O)N1C[C@H]2C[C@@H](C1)c1cccc(=O)n1C2)C(=O)[O-]. The normalized spacial score (nSPS) is 24.2. The number of amides is 2. The summed E-state index contributed by atoms with van der Waals surface area (Å²) in [6.07, 6.45) is 1.59. The number of carbonyl (C=O) groups excluding carboxylic acids is 2. The first-order valence-electron chi connectivity index (χ1n) is 8.86. The number of likely N-dealkylation sites (tertiary alicyclic amines) is 1. The van der Waals surface area contributed by atoms with Crippen LogP contribution in [0.3, 0.4) is 0 Å². The maximum atomic E-state index is 12.6. The number of urea groups is 1. The Hall–Kier alpha value is -2.31. The van der Waals surface area contributed by atoms with Crippen molar-refractivity contribution in [3.63, 3.8) is 0 Å². The fraction of sp³-hybridized carbons (Fsp3) is 0.611. The van der Waals surface area contributed by atoms with Crippen LogP contribution >= 0.6 is 0 Å². The van der Waals surface area contributed by atoms with Crippen molar-refractivity contribution < 1.29 is 14.7 Å². The molecule has 0 saturated carbocycles. The van der Waals surface area contributed by atoms with Crippen LogP contribution < -0.4 is 16.0 Å². The van der Waals surface area contributed by atoms with Gasteiger partial charge in [-0.25, -0.2) is 4.79 Å². The Kier molecular flexibility index (Phi) is 4.83. The monoisotopic (exact) mass is 346 g/mol. The smallest absolute Gasteiger partial charge is 0.317 e. The van der Waals surface area contributed by atoms with Crippen LogP contribution in [-0.4, -0.2) is 40.6 Å². The molecule has 0 aliphatic carbocycles. The first kappa shape index (κ1) is 17.5. The number of rotatable bonds is 4. The highest BCUT2D eigenvalue weighted by molar-refractivity contribution is 5.82. The number of piperidine rings is 1. The van der Waals surface area contributed by atoms with Gasteiger partial charge in [0.15, 0.2) is 0 Å². The van der Waals surface area contributed by atoms with Crippen molar-refractivity contribution in [3.8, 4) is 0 Å². The number of fused-ring (bicyclic) bond motifs is 4. The van der Waals surface area contributed by atoms with Crippen molar-refractivity contribution in [1.82, 2.24) is 14.8 Å². The van der Waals surface area contributed by atoms with Gasteiger partial charge >= 0.3 is 6.03 Å². The number of carboxylic acids is 1. The minimum atomic E-state index is -1.25. The third-order valence-corrected chi connectivity index (χ3v) is 5.51. The lowest BCUT2D eigenvalue weighted by atomic mass is 9.83. The van der Waals surface area contributed by atoms with Crippen LogP contribution in [0.5, 0.6) is 0 Å². The number of hydrogen-bond acceptors (Lipinski definition) is 4. The van der Waals surface area contributed by atoms with Crippen LogP contribution in [0.25, 0.3) is 0 Å². The van der Waals surface area contributed by atoms with E-state index in [1.165, 1.54) is 0 Å². The molecular formula is C18H24N3O4-. The molecular weight excluding hydrogens is 322 g/mol. The van der Waals surface area contributed by atoms with E-state index in [-0.39, 0.29) is 29.3 Å². The lowest BCUT2D eigenvalue weighted by Crippen LogP contribution is -2.57. The molecule has 0 unspecified atom stereocenters. The second-order valence-corrected chi connectivity index (χ2v) is 7.23. The molecule has 2 aliphatic heterocycles. The molecule has 1 aromatic rings. The van der Waals surface area contributed by atoms with E-state index < -0.39 is 12.0 Å². The lowest BCUT2D eigenvalue weighted by molar-refractivity contribution is -0.309. The molecule has 7 heteroatoms. The molecule has 1 saturated heterocycles. The van der Waals surface area contributed by atoms with Gasteiger partial charge in [-0.3, -0.25) is 4.79 Å². The van der Waals surface area contributed by atoms with Crippen LogP contribution in [0.15, 0.2) is 23.0 Å². The predicted octanol–water partition coefficient (Wildman–Crippen LogP) is 0.142. The number of nitrogens with one attached hydrogen (secondary N) is 1. The first-order chi connectivity index (χ1) is 11.9. The molecule has 0 radical (unpaired) electrons. The fourth-order valence-electron chi connectivity index (χ4n) is 3.96. The van der Waals surface area contributed by atoms with Crippen LogP contribution in [0, 0.1) is 11.8 Å². The highest BCUT2D eigenvalue weighted by Gasteiger charge is 2.36. The molecule has 25 heavy (non-hydrogen) atoms. The largest absolute Gasteiger partial charge is 0.548 e. The van der Waals surface area contributed by atoms with E-state index >= 15 is 0 Å². The highest BCUT2D eigenvalue weighted by Crippen LogP contribution is 2.34. The summed E-state index contributed by atoms with van der Waals surface area (Å²) in [5.74, 6) is -1.13. The highest BCUT2D eigenvalue weighted by atomic mass is 16.4. The van der Waals surface area contributed by atoms with Crippen molar-refractivity contribution in [2.24, 2.45) is 11.8 Å². The van der Waals surface area contributed by atoms with Gasteiger partial charge in [-0.05, 0) is 24.3 Å². The van der Waals surface area contributed by atoms with E-state index in [1.54, 1.807) is 28.5 Å². The van der Waals surface area contributed by atoms with Gasteiger partial charge in [0, 0.05) is 37.3 Å². The van der Waals surface area contributed by atoms with E-state index in [2.05, 4.69) is 5.32 Å². The molecule has 136 valence electrons. The summed E-state index contributed by atoms with van der Waals surface area (Å²) in [5, 5.41) is 14.0. The molecule has 1 aromatic heterocycles. The molecule has 3 rings (SSSR count). The minimum absolute atomic E-state index is 0.00103. The van der Waals surface area contributed by atoms with Gasteiger partial charge in [0.05, 0.1) is 12.0 Å². The van der Waals surface area contributed by atoms with Crippen molar-refractivity contribution in [2.75, 3.05) is 13.1 Å². The Bertz CT molecular complexity index is 729.